The van der Waals surface area contributed by atoms with Gasteiger partial charge in [-0.2, -0.15) is 0 Å². The van der Waals surface area contributed by atoms with E-state index in [4.69, 9.17) is 4.74 Å². The first-order chi connectivity index (χ1) is 11.7. The summed E-state index contributed by atoms with van der Waals surface area (Å²) in [6.07, 6.45) is 10.8. The second kappa shape index (κ2) is 5.94. The van der Waals surface area contributed by atoms with E-state index in [9.17, 15) is 4.79 Å². The molecule has 3 aliphatic rings. The summed E-state index contributed by atoms with van der Waals surface area (Å²) in [5, 5.41) is 0. The van der Waals surface area contributed by atoms with Gasteiger partial charge in [-0.3, -0.25) is 4.79 Å². The maximum absolute atomic E-state index is 12.6. The molecule has 2 bridgehead atoms. The highest BCUT2D eigenvalue weighted by atomic mass is 16.5. The Morgan fingerprint density at radius 2 is 2.21 bits per heavy atom. The van der Waals surface area contributed by atoms with Gasteiger partial charge in [0.25, 0.3) is 0 Å². The van der Waals surface area contributed by atoms with Crippen LogP contribution < -0.4 is 4.74 Å². The smallest absolute Gasteiger partial charge is 0.246 e. The van der Waals surface area contributed by atoms with Gasteiger partial charge in [0.15, 0.2) is 0 Å². The number of ether oxygens (including phenoxy) is 1. The van der Waals surface area contributed by atoms with Crippen LogP contribution in [0.4, 0.5) is 0 Å². The molecule has 1 heterocycles. The molecule has 3 heteroatoms. The highest BCUT2D eigenvalue weighted by molar-refractivity contribution is 5.88. The number of piperidine rings is 1. The van der Waals surface area contributed by atoms with Gasteiger partial charge in [0.2, 0.25) is 5.91 Å². The summed E-state index contributed by atoms with van der Waals surface area (Å²) in [6, 6.07) is 6.96. The van der Waals surface area contributed by atoms with Crippen LogP contribution in [0.1, 0.15) is 50.2 Å². The van der Waals surface area contributed by atoms with Crippen LogP contribution in [-0.2, 0) is 16.6 Å². The molecule has 0 radical (unpaired) electrons. The summed E-state index contributed by atoms with van der Waals surface area (Å²) in [7, 11) is 1.75. The number of carbonyl (C=O) groups is 1. The number of carbonyl (C=O) groups excluding carboxylic acids is 1. The number of hydrogen-bond acceptors (Lipinski definition) is 2. The van der Waals surface area contributed by atoms with Gasteiger partial charge >= 0.3 is 0 Å². The first-order valence-corrected chi connectivity index (χ1v) is 9.30. The van der Waals surface area contributed by atoms with Crippen LogP contribution in [-0.4, -0.2) is 30.5 Å². The fraction of sp³-hybridized carbons (Fsp3) is 0.571. The third-order valence-electron chi connectivity index (χ3n) is 6.64. The molecule has 4 rings (SSSR count). The Kier molecular flexibility index (Phi) is 3.90. The van der Waals surface area contributed by atoms with E-state index in [1.165, 1.54) is 36.8 Å². The first kappa shape index (κ1) is 15.7. The normalized spacial score (nSPS) is 31.5. The summed E-state index contributed by atoms with van der Waals surface area (Å²) in [4.78, 5) is 14.8. The van der Waals surface area contributed by atoms with E-state index in [-0.39, 0.29) is 11.3 Å². The van der Waals surface area contributed by atoms with Crippen molar-refractivity contribution in [3.05, 3.63) is 41.5 Å². The van der Waals surface area contributed by atoms with Crippen molar-refractivity contribution in [2.24, 2.45) is 5.92 Å². The van der Waals surface area contributed by atoms with Crippen molar-refractivity contribution in [3.63, 3.8) is 0 Å². The van der Waals surface area contributed by atoms with Crippen LogP contribution >= 0.6 is 0 Å². The number of rotatable bonds is 2. The average molecular weight is 325 g/mol. The average Bonchev–Trinajstić information content (AvgIpc) is 2.61. The Morgan fingerprint density at radius 1 is 1.33 bits per heavy atom. The maximum atomic E-state index is 12.6. The second-order valence-corrected chi connectivity index (χ2v) is 7.58. The van der Waals surface area contributed by atoms with Crippen molar-refractivity contribution >= 4 is 5.91 Å². The Balaban J connectivity index is 1.80. The molecule has 3 atom stereocenters. The van der Waals surface area contributed by atoms with E-state index < -0.39 is 0 Å². The number of hydrogen-bond donors (Lipinski definition) is 0. The van der Waals surface area contributed by atoms with E-state index in [2.05, 4.69) is 23.1 Å². The largest absolute Gasteiger partial charge is 0.497 e. The lowest BCUT2D eigenvalue weighted by Gasteiger charge is -2.59. The molecule has 0 spiro atoms. The van der Waals surface area contributed by atoms with Crippen LogP contribution in [0.5, 0.6) is 5.75 Å². The van der Waals surface area contributed by atoms with Crippen molar-refractivity contribution in [1.82, 2.24) is 4.90 Å². The Hall–Kier alpha value is -1.77. The third-order valence-corrected chi connectivity index (χ3v) is 6.64. The fourth-order valence-electron chi connectivity index (χ4n) is 5.62. The minimum absolute atomic E-state index is 0.193. The molecular formula is C21H27NO2. The maximum Gasteiger partial charge on any atom is 0.246 e. The zero-order valence-corrected chi connectivity index (χ0v) is 14.8. The molecule has 1 aromatic rings. The monoisotopic (exact) mass is 325 g/mol. The van der Waals surface area contributed by atoms with Crippen molar-refractivity contribution < 1.29 is 9.53 Å². The van der Waals surface area contributed by atoms with Crippen molar-refractivity contribution in [2.45, 2.75) is 56.9 Å². The van der Waals surface area contributed by atoms with Crippen LogP contribution in [0.3, 0.4) is 0 Å². The molecule has 1 saturated carbocycles. The fourth-order valence-corrected chi connectivity index (χ4v) is 5.62. The van der Waals surface area contributed by atoms with Crippen LogP contribution in [0.15, 0.2) is 30.4 Å². The molecule has 128 valence electrons. The van der Waals surface area contributed by atoms with Crippen LogP contribution in [0, 0.1) is 5.92 Å². The summed E-state index contributed by atoms with van der Waals surface area (Å²) >= 11 is 0. The number of amides is 1. The molecule has 1 aromatic carbocycles. The number of allylic oxidation sites excluding steroid dienone is 1. The molecule has 0 aromatic heterocycles. The van der Waals surface area contributed by atoms with Gasteiger partial charge < -0.3 is 9.64 Å². The second-order valence-electron chi connectivity index (χ2n) is 7.58. The van der Waals surface area contributed by atoms with E-state index >= 15 is 0 Å². The Labute approximate surface area is 144 Å². The quantitative estimate of drug-likeness (QED) is 0.773. The van der Waals surface area contributed by atoms with Gasteiger partial charge in [-0.15, -0.1) is 0 Å². The number of benzene rings is 1. The summed E-state index contributed by atoms with van der Waals surface area (Å²) in [5.74, 6) is 1.77. The number of methoxy groups -OCH3 is 1. The highest BCUT2D eigenvalue weighted by Gasteiger charge is 2.54. The minimum atomic E-state index is 0.193. The van der Waals surface area contributed by atoms with Crippen LogP contribution in [0.25, 0.3) is 0 Å². The Morgan fingerprint density at radius 3 is 3.00 bits per heavy atom. The third kappa shape index (κ3) is 2.21. The lowest BCUT2D eigenvalue weighted by Crippen LogP contribution is -2.61. The molecule has 24 heavy (non-hydrogen) atoms. The van der Waals surface area contributed by atoms with E-state index in [1.54, 1.807) is 13.2 Å². The predicted molar refractivity (Wildman–Crippen MR) is 95.3 cm³/mol. The molecule has 2 aliphatic carbocycles. The lowest BCUT2D eigenvalue weighted by atomic mass is 9.52. The topological polar surface area (TPSA) is 29.5 Å². The minimum Gasteiger partial charge on any atom is -0.497 e. The van der Waals surface area contributed by atoms with Gasteiger partial charge in [-0.1, -0.05) is 25.0 Å². The summed E-state index contributed by atoms with van der Waals surface area (Å²) < 4.78 is 5.51. The SMILES string of the molecule is CC=CC(=O)N1CC[C@]23CCCC[C@H]2[C@H]1Cc1ccc(OC)cc13. The Bertz CT molecular complexity index is 680. The molecule has 2 fully saturated rings. The van der Waals surface area contributed by atoms with E-state index in [1.807, 2.05) is 13.0 Å². The van der Waals surface area contributed by atoms with Gasteiger partial charge in [0.1, 0.15) is 5.75 Å². The van der Waals surface area contributed by atoms with Crippen molar-refractivity contribution in [2.75, 3.05) is 13.7 Å². The van der Waals surface area contributed by atoms with E-state index in [0.29, 0.717) is 12.0 Å². The molecule has 0 unspecified atom stereocenters. The summed E-state index contributed by atoms with van der Waals surface area (Å²) in [5.41, 5.74) is 3.20. The van der Waals surface area contributed by atoms with Gasteiger partial charge in [-0.25, -0.2) is 0 Å². The molecule has 1 amide bonds. The van der Waals surface area contributed by atoms with Gasteiger partial charge in [-0.05, 0) is 67.9 Å². The molecule has 0 N–H and O–H groups in total. The first-order valence-electron chi connectivity index (χ1n) is 9.30. The van der Waals surface area contributed by atoms with E-state index in [0.717, 1.165) is 25.1 Å². The van der Waals surface area contributed by atoms with Crippen molar-refractivity contribution in [3.8, 4) is 5.75 Å². The predicted octanol–water partition coefficient (Wildman–Crippen LogP) is 3.86. The molecule has 1 aliphatic heterocycles. The standard InChI is InChI=1S/C21H27NO2/c1-3-6-20(23)22-12-11-21-10-5-4-7-17(21)19(22)13-15-8-9-16(24-2)14-18(15)21/h3,6,8-9,14,17,19H,4-5,7,10-13H2,1-2H3/t17-,19+,21+/m0/s1. The van der Waals surface area contributed by atoms with Gasteiger partial charge in [0.05, 0.1) is 7.11 Å². The van der Waals surface area contributed by atoms with Crippen LogP contribution in [0.2, 0.25) is 0 Å². The molecule has 3 nitrogen and oxygen atoms in total. The van der Waals surface area contributed by atoms with Gasteiger partial charge in [0, 0.05) is 18.0 Å². The zero-order valence-electron chi connectivity index (χ0n) is 14.8. The number of likely N-dealkylation sites (tertiary alicyclic amines) is 1. The number of nitrogens with zero attached hydrogens (tertiary/aromatic N) is 1. The number of fused-ring (bicyclic) bond motifs is 1. The highest BCUT2D eigenvalue weighted by Crippen LogP contribution is 2.56. The molecule has 1 saturated heterocycles. The zero-order chi connectivity index (χ0) is 16.7. The molecular weight excluding hydrogens is 298 g/mol. The van der Waals surface area contributed by atoms with Crippen molar-refractivity contribution in [1.29, 1.82) is 0 Å². The lowest BCUT2D eigenvalue weighted by molar-refractivity contribution is -0.135. The summed E-state index contributed by atoms with van der Waals surface area (Å²) in [6.45, 7) is 2.82.